The zero-order valence-electron chi connectivity index (χ0n) is 10.8. The molecule has 1 rings (SSSR count). The highest BCUT2D eigenvalue weighted by Gasteiger charge is 2.23. The number of likely N-dealkylation sites (N-methyl/N-ethyl adjacent to an activating group) is 1. The Morgan fingerprint density at radius 1 is 1.61 bits per heavy atom. The monoisotopic (exact) mass is 289 g/mol. The minimum Gasteiger partial charge on any atom is -0.389 e. The van der Waals surface area contributed by atoms with Crippen LogP contribution in [0, 0.1) is 0 Å². The molecule has 0 spiro atoms. The second kappa shape index (κ2) is 5.86. The number of hydrogen-bond acceptors (Lipinski definition) is 5. The molecule has 0 aliphatic carbocycles. The Morgan fingerprint density at radius 3 is 2.72 bits per heavy atom. The van der Waals surface area contributed by atoms with Crippen molar-refractivity contribution in [2.45, 2.75) is 24.6 Å². The molecule has 1 amide bonds. The van der Waals surface area contributed by atoms with E-state index >= 15 is 0 Å². The van der Waals surface area contributed by atoms with Gasteiger partial charge in [-0.1, -0.05) is 23.4 Å². The maximum Gasteiger partial charge on any atom is 0.274 e. The molecule has 0 fully saturated rings. The van der Waals surface area contributed by atoms with Gasteiger partial charge in [-0.3, -0.25) is 4.79 Å². The van der Waals surface area contributed by atoms with Crippen molar-refractivity contribution < 1.29 is 9.90 Å². The van der Waals surface area contributed by atoms with Gasteiger partial charge < -0.3 is 10.0 Å². The Kier molecular flexibility index (Phi) is 4.95. The summed E-state index contributed by atoms with van der Waals surface area (Å²) in [4.78, 5) is 21.6. The summed E-state index contributed by atoms with van der Waals surface area (Å²) in [6.07, 6.45) is 3.23. The van der Waals surface area contributed by atoms with Crippen molar-refractivity contribution in [3.63, 3.8) is 0 Å². The van der Waals surface area contributed by atoms with E-state index in [1.54, 1.807) is 20.9 Å². The van der Waals surface area contributed by atoms with Gasteiger partial charge in [-0.05, 0) is 20.1 Å². The number of nitrogens with zero attached hydrogens (tertiary/aromatic N) is 3. The minimum atomic E-state index is -0.966. The Morgan fingerprint density at radius 2 is 2.22 bits per heavy atom. The van der Waals surface area contributed by atoms with Crippen LogP contribution in [0.1, 0.15) is 24.3 Å². The van der Waals surface area contributed by atoms with Gasteiger partial charge >= 0.3 is 0 Å². The summed E-state index contributed by atoms with van der Waals surface area (Å²) in [7, 11) is 1.59. The zero-order chi connectivity index (χ0) is 13.9. The van der Waals surface area contributed by atoms with Crippen LogP contribution < -0.4 is 0 Å². The molecule has 0 saturated heterocycles. The van der Waals surface area contributed by atoms with Crippen LogP contribution in [0.3, 0.4) is 0 Å². The molecule has 0 aliphatic rings. The first-order valence-electron chi connectivity index (χ1n) is 5.29. The highest BCUT2D eigenvalue weighted by molar-refractivity contribution is 7.98. The number of halogens is 1. The van der Waals surface area contributed by atoms with Crippen molar-refractivity contribution in [1.29, 1.82) is 0 Å². The average Bonchev–Trinajstić information content (AvgIpc) is 2.26. The molecule has 0 unspecified atom stereocenters. The second-order valence-corrected chi connectivity index (χ2v) is 5.71. The van der Waals surface area contributed by atoms with E-state index in [-0.39, 0.29) is 23.2 Å². The number of carbonyl (C=O) groups excluding carboxylic acids is 1. The lowest BCUT2D eigenvalue weighted by atomic mass is 10.1. The number of aliphatic hydroxyl groups is 1. The normalized spacial score (nSPS) is 11.4. The van der Waals surface area contributed by atoms with Crippen LogP contribution in [0.2, 0.25) is 5.02 Å². The molecule has 1 aromatic rings. The van der Waals surface area contributed by atoms with Crippen LogP contribution in [0.25, 0.3) is 0 Å². The molecule has 0 aromatic carbocycles. The summed E-state index contributed by atoms with van der Waals surface area (Å²) in [6, 6.07) is 0. The van der Waals surface area contributed by atoms with E-state index < -0.39 is 5.60 Å². The van der Waals surface area contributed by atoms with Gasteiger partial charge in [-0.15, -0.1) is 0 Å². The summed E-state index contributed by atoms with van der Waals surface area (Å²) in [5, 5.41) is 10.4. The molecular weight excluding hydrogens is 274 g/mol. The largest absolute Gasteiger partial charge is 0.389 e. The molecule has 0 saturated carbocycles. The Labute approximate surface area is 116 Å². The molecule has 100 valence electrons. The molecule has 1 heterocycles. The van der Waals surface area contributed by atoms with Crippen LogP contribution in [-0.2, 0) is 0 Å². The number of amides is 1. The predicted molar refractivity (Wildman–Crippen MR) is 72.1 cm³/mol. The van der Waals surface area contributed by atoms with Gasteiger partial charge in [0.1, 0.15) is 0 Å². The summed E-state index contributed by atoms with van der Waals surface area (Å²) < 4.78 is 0. The fraction of sp³-hybridized carbons (Fsp3) is 0.545. The van der Waals surface area contributed by atoms with Crippen molar-refractivity contribution in [1.82, 2.24) is 14.9 Å². The highest BCUT2D eigenvalue weighted by atomic mass is 35.5. The first kappa shape index (κ1) is 15.2. The fourth-order valence-electron chi connectivity index (χ4n) is 1.43. The van der Waals surface area contributed by atoms with E-state index in [9.17, 15) is 9.90 Å². The lowest BCUT2D eigenvalue weighted by Gasteiger charge is -2.25. The SMILES string of the molecule is CSc1ncc(Cl)c(C(=O)N(C)CC(C)(C)O)n1. The van der Waals surface area contributed by atoms with Crippen molar-refractivity contribution in [3.8, 4) is 0 Å². The number of aromatic nitrogens is 2. The average molecular weight is 290 g/mol. The summed E-state index contributed by atoms with van der Waals surface area (Å²) in [5.74, 6) is -0.333. The van der Waals surface area contributed by atoms with Crippen LogP contribution >= 0.6 is 23.4 Å². The van der Waals surface area contributed by atoms with Crippen LogP contribution in [0.15, 0.2) is 11.4 Å². The zero-order valence-corrected chi connectivity index (χ0v) is 12.3. The number of rotatable bonds is 4. The second-order valence-electron chi connectivity index (χ2n) is 4.53. The Bertz CT molecular complexity index is 448. The summed E-state index contributed by atoms with van der Waals surface area (Å²) >= 11 is 7.25. The highest BCUT2D eigenvalue weighted by Crippen LogP contribution is 2.18. The molecule has 0 aliphatic heterocycles. The minimum absolute atomic E-state index is 0.155. The lowest BCUT2D eigenvalue weighted by Crippen LogP contribution is -2.40. The first-order valence-corrected chi connectivity index (χ1v) is 6.89. The third kappa shape index (κ3) is 4.12. The number of thioether (sulfide) groups is 1. The third-order valence-corrected chi connectivity index (χ3v) is 2.92. The molecule has 0 bridgehead atoms. The van der Waals surface area contributed by atoms with Crippen LogP contribution in [-0.4, -0.2) is 51.3 Å². The molecular formula is C11H16ClN3O2S. The van der Waals surface area contributed by atoms with Crippen LogP contribution in [0.5, 0.6) is 0 Å². The topological polar surface area (TPSA) is 66.3 Å². The molecule has 18 heavy (non-hydrogen) atoms. The molecule has 7 heteroatoms. The van der Waals surface area contributed by atoms with Gasteiger partial charge in [0.05, 0.1) is 16.8 Å². The van der Waals surface area contributed by atoms with Crippen LogP contribution in [0.4, 0.5) is 0 Å². The molecule has 0 atom stereocenters. The summed E-state index contributed by atoms with van der Waals surface area (Å²) in [5.41, 5.74) is -0.811. The van der Waals surface area contributed by atoms with Crippen molar-refractivity contribution in [2.24, 2.45) is 0 Å². The van der Waals surface area contributed by atoms with E-state index in [0.29, 0.717) is 5.16 Å². The number of hydrogen-bond donors (Lipinski definition) is 1. The van der Waals surface area contributed by atoms with Crippen molar-refractivity contribution in [3.05, 3.63) is 16.9 Å². The van der Waals surface area contributed by atoms with E-state index in [2.05, 4.69) is 9.97 Å². The van der Waals surface area contributed by atoms with Gasteiger partial charge in [0, 0.05) is 13.6 Å². The van der Waals surface area contributed by atoms with Gasteiger partial charge in [0.25, 0.3) is 5.91 Å². The summed E-state index contributed by atoms with van der Waals surface area (Å²) in [6.45, 7) is 3.46. The molecule has 5 nitrogen and oxygen atoms in total. The maximum absolute atomic E-state index is 12.1. The fourth-order valence-corrected chi connectivity index (χ4v) is 1.94. The van der Waals surface area contributed by atoms with Gasteiger partial charge in [-0.25, -0.2) is 9.97 Å². The first-order chi connectivity index (χ1) is 8.24. The molecule has 1 aromatic heterocycles. The van der Waals surface area contributed by atoms with Crippen molar-refractivity contribution in [2.75, 3.05) is 19.8 Å². The van der Waals surface area contributed by atoms with Gasteiger partial charge in [0.15, 0.2) is 10.9 Å². The third-order valence-electron chi connectivity index (χ3n) is 2.08. The Hall–Kier alpha value is -0.850. The smallest absolute Gasteiger partial charge is 0.274 e. The maximum atomic E-state index is 12.1. The van der Waals surface area contributed by atoms with E-state index in [4.69, 9.17) is 11.6 Å². The van der Waals surface area contributed by atoms with E-state index in [1.165, 1.54) is 22.9 Å². The predicted octanol–water partition coefficient (Wildman–Crippen LogP) is 1.69. The molecule has 1 N–H and O–H groups in total. The van der Waals surface area contributed by atoms with E-state index in [1.807, 2.05) is 6.26 Å². The van der Waals surface area contributed by atoms with Gasteiger partial charge in [0.2, 0.25) is 0 Å². The van der Waals surface area contributed by atoms with Crippen molar-refractivity contribution >= 4 is 29.3 Å². The van der Waals surface area contributed by atoms with E-state index in [0.717, 1.165) is 0 Å². The standard InChI is InChI=1S/C11H16ClN3O2S/c1-11(2,17)6-15(3)9(16)8-7(12)5-13-10(14-8)18-4/h5,17H,6H2,1-4H3. The lowest BCUT2D eigenvalue weighted by molar-refractivity contribution is 0.0364. The molecule has 0 radical (unpaired) electrons. The quantitative estimate of drug-likeness (QED) is 0.675. The Balaban J connectivity index is 2.96. The number of carbonyl (C=O) groups is 1. The van der Waals surface area contributed by atoms with Gasteiger partial charge in [-0.2, -0.15) is 0 Å².